The van der Waals surface area contributed by atoms with Crippen molar-refractivity contribution in [1.29, 1.82) is 0 Å². The third kappa shape index (κ3) is 5.47. The van der Waals surface area contributed by atoms with Crippen molar-refractivity contribution in [3.63, 3.8) is 0 Å². The smallest absolute Gasteiger partial charge is 0.168 e. The van der Waals surface area contributed by atoms with Gasteiger partial charge in [-0.15, -0.1) is 0 Å². The lowest BCUT2D eigenvalue weighted by Gasteiger charge is -2.31. The molecular weight excluding hydrogens is 284 g/mol. The molecule has 0 aliphatic carbocycles. The Morgan fingerprint density at radius 3 is 2.39 bits per heavy atom. The lowest BCUT2D eigenvalue weighted by molar-refractivity contribution is -0.181. The normalized spacial score (nSPS) is 20.0. The van der Waals surface area contributed by atoms with Crippen LogP contribution in [0.2, 0.25) is 0 Å². The van der Waals surface area contributed by atoms with Gasteiger partial charge in [0.25, 0.3) is 0 Å². The Labute approximate surface area is 141 Å². The predicted octanol–water partition coefficient (Wildman–Crippen LogP) is 5.38. The van der Waals surface area contributed by atoms with Gasteiger partial charge in [-0.2, -0.15) is 0 Å². The maximum atomic E-state index is 5.83. The zero-order valence-corrected chi connectivity index (χ0v) is 15.0. The third-order valence-corrected chi connectivity index (χ3v) is 5.09. The summed E-state index contributed by atoms with van der Waals surface area (Å²) in [6.45, 7) is 8.05. The van der Waals surface area contributed by atoms with Crippen LogP contribution in [0.5, 0.6) is 0 Å². The van der Waals surface area contributed by atoms with Crippen LogP contribution in [-0.4, -0.2) is 19.0 Å². The van der Waals surface area contributed by atoms with Crippen molar-refractivity contribution in [1.82, 2.24) is 0 Å². The number of rotatable bonds is 9. The molecule has 0 spiro atoms. The van der Waals surface area contributed by atoms with Gasteiger partial charge >= 0.3 is 0 Å². The quantitative estimate of drug-likeness (QED) is 0.569. The molecule has 2 nitrogen and oxygen atoms in total. The standard InChI is InChI=1S/C21H32O2/c1-4-18(14-15-19-10-7-6-8-11-19)12-9-13-20(5-2)21(3)22-16-17-23-21/h6-12,18,20H,4-5,13-17H2,1-3H3/b12-9-/t18-,20-/m0/s1. The minimum atomic E-state index is -0.384. The van der Waals surface area contributed by atoms with Crippen LogP contribution in [0.1, 0.15) is 52.0 Å². The molecule has 2 heteroatoms. The van der Waals surface area contributed by atoms with Crippen LogP contribution in [-0.2, 0) is 15.9 Å². The average molecular weight is 316 g/mol. The highest BCUT2D eigenvalue weighted by Crippen LogP contribution is 2.32. The average Bonchev–Trinajstić information content (AvgIpc) is 3.03. The Balaban J connectivity index is 1.81. The zero-order valence-electron chi connectivity index (χ0n) is 15.0. The molecule has 1 aromatic rings. The summed E-state index contributed by atoms with van der Waals surface area (Å²) in [4.78, 5) is 0. The van der Waals surface area contributed by atoms with Gasteiger partial charge in [-0.05, 0) is 50.5 Å². The summed E-state index contributed by atoms with van der Waals surface area (Å²) in [5.41, 5.74) is 1.44. The molecule has 1 fully saturated rings. The van der Waals surface area contributed by atoms with Crippen LogP contribution >= 0.6 is 0 Å². The summed E-state index contributed by atoms with van der Waals surface area (Å²) in [5.74, 6) is 0.712. The van der Waals surface area contributed by atoms with E-state index in [9.17, 15) is 0 Å². The first-order valence-electron chi connectivity index (χ1n) is 9.16. The molecule has 2 rings (SSSR count). The first-order chi connectivity index (χ1) is 11.2. The Hall–Kier alpha value is -1.12. The summed E-state index contributed by atoms with van der Waals surface area (Å²) in [5, 5.41) is 0. The molecule has 2 atom stereocenters. The van der Waals surface area contributed by atoms with Crippen LogP contribution in [0.25, 0.3) is 0 Å². The largest absolute Gasteiger partial charge is 0.348 e. The number of hydrogen-bond acceptors (Lipinski definition) is 2. The van der Waals surface area contributed by atoms with Crippen LogP contribution in [0.15, 0.2) is 42.5 Å². The minimum absolute atomic E-state index is 0.384. The summed E-state index contributed by atoms with van der Waals surface area (Å²) in [7, 11) is 0. The molecule has 1 saturated heterocycles. The Morgan fingerprint density at radius 2 is 1.78 bits per heavy atom. The van der Waals surface area contributed by atoms with Crippen molar-refractivity contribution < 1.29 is 9.47 Å². The molecule has 0 bridgehead atoms. The molecule has 1 aromatic carbocycles. The molecule has 0 radical (unpaired) electrons. The van der Waals surface area contributed by atoms with E-state index in [2.05, 4.69) is 63.3 Å². The highest BCUT2D eigenvalue weighted by atomic mass is 16.7. The summed E-state index contributed by atoms with van der Waals surface area (Å²) in [6.07, 6.45) is 10.5. The molecular formula is C21H32O2. The van der Waals surface area contributed by atoms with Gasteiger partial charge in [0, 0.05) is 5.92 Å². The molecule has 0 amide bonds. The SMILES string of the molecule is CC[C@@H](/C=C\C[C@H](CC)C1(C)OCCO1)CCc1ccccc1. The summed E-state index contributed by atoms with van der Waals surface area (Å²) in [6, 6.07) is 10.8. The monoisotopic (exact) mass is 316 g/mol. The first-order valence-corrected chi connectivity index (χ1v) is 9.16. The van der Waals surface area contributed by atoms with Crippen LogP contribution in [0.3, 0.4) is 0 Å². The second-order valence-electron chi connectivity index (χ2n) is 6.67. The van der Waals surface area contributed by atoms with E-state index in [1.165, 1.54) is 18.4 Å². The summed E-state index contributed by atoms with van der Waals surface area (Å²) < 4.78 is 11.7. The first kappa shape index (κ1) is 18.2. The van der Waals surface area contributed by atoms with Crippen molar-refractivity contribution in [3.05, 3.63) is 48.0 Å². The number of benzene rings is 1. The number of allylic oxidation sites excluding steroid dienone is 2. The van der Waals surface area contributed by atoms with Gasteiger partial charge in [0.15, 0.2) is 5.79 Å². The van der Waals surface area contributed by atoms with E-state index in [-0.39, 0.29) is 5.79 Å². The zero-order chi connectivity index (χ0) is 16.5. The molecule has 23 heavy (non-hydrogen) atoms. The number of aryl methyl sites for hydroxylation is 1. The van der Waals surface area contributed by atoms with Crippen LogP contribution in [0.4, 0.5) is 0 Å². The van der Waals surface area contributed by atoms with Gasteiger partial charge in [-0.3, -0.25) is 0 Å². The fourth-order valence-electron chi connectivity index (χ4n) is 3.39. The van der Waals surface area contributed by atoms with Gasteiger partial charge < -0.3 is 9.47 Å². The van der Waals surface area contributed by atoms with Crippen molar-refractivity contribution >= 4 is 0 Å². The van der Waals surface area contributed by atoms with E-state index in [0.29, 0.717) is 11.8 Å². The van der Waals surface area contributed by atoms with Gasteiger partial charge in [-0.25, -0.2) is 0 Å². The van der Waals surface area contributed by atoms with E-state index in [4.69, 9.17) is 9.47 Å². The second-order valence-corrected chi connectivity index (χ2v) is 6.67. The Morgan fingerprint density at radius 1 is 1.09 bits per heavy atom. The Bertz CT molecular complexity index is 460. The molecule has 0 aromatic heterocycles. The lowest BCUT2D eigenvalue weighted by atomic mass is 9.91. The number of hydrogen-bond donors (Lipinski definition) is 0. The molecule has 1 aliphatic rings. The van der Waals surface area contributed by atoms with Crippen LogP contribution < -0.4 is 0 Å². The van der Waals surface area contributed by atoms with Gasteiger partial charge in [0.2, 0.25) is 0 Å². The van der Waals surface area contributed by atoms with Crippen molar-refractivity contribution in [2.24, 2.45) is 11.8 Å². The third-order valence-electron chi connectivity index (χ3n) is 5.09. The van der Waals surface area contributed by atoms with Crippen molar-refractivity contribution in [3.8, 4) is 0 Å². The highest BCUT2D eigenvalue weighted by molar-refractivity contribution is 5.14. The van der Waals surface area contributed by atoms with Gasteiger partial charge in [0.1, 0.15) is 0 Å². The second kappa shape index (κ2) is 9.24. The molecule has 128 valence electrons. The van der Waals surface area contributed by atoms with E-state index < -0.39 is 0 Å². The molecule has 0 unspecified atom stereocenters. The van der Waals surface area contributed by atoms with Crippen LogP contribution in [0, 0.1) is 11.8 Å². The van der Waals surface area contributed by atoms with E-state index >= 15 is 0 Å². The summed E-state index contributed by atoms with van der Waals surface area (Å²) >= 11 is 0. The van der Waals surface area contributed by atoms with Crippen molar-refractivity contribution in [2.75, 3.05) is 13.2 Å². The minimum Gasteiger partial charge on any atom is -0.348 e. The lowest BCUT2D eigenvalue weighted by Crippen LogP contribution is -2.35. The Kier molecular flexibility index (Phi) is 7.32. The van der Waals surface area contributed by atoms with Gasteiger partial charge in [-0.1, -0.05) is 56.3 Å². The fourth-order valence-corrected chi connectivity index (χ4v) is 3.39. The molecule has 1 heterocycles. The highest BCUT2D eigenvalue weighted by Gasteiger charge is 2.37. The van der Waals surface area contributed by atoms with Crippen molar-refractivity contribution in [2.45, 2.75) is 58.7 Å². The number of ether oxygens (including phenoxy) is 2. The molecule has 1 aliphatic heterocycles. The van der Waals surface area contributed by atoms with E-state index in [1.807, 2.05) is 0 Å². The van der Waals surface area contributed by atoms with E-state index in [1.54, 1.807) is 0 Å². The fraction of sp³-hybridized carbons (Fsp3) is 0.619. The maximum absolute atomic E-state index is 5.83. The van der Waals surface area contributed by atoms with Gasteiger partial charge in [0.05, 0.1) is 13.2 Å². The molecule has 0 saturated carbocycles. The maximum Gasteiger partial charge on any atom is 0.168 e. The van der Waals surface area contributed by atoms with E-state index in [0.717, 1.165) is 32.5 Å². The molecule has 0 N–H and O–H groups in total. The predicted molar refractivity (Wildman–Crippen MR) is 96.4 cm³/mol. The topological polar surface area (TPSA) is 18.5 Å².